The predicted molar refractivity (Wildman–Crippen MR) is 83.4 cm³/mol. The minimum absolute atomic E-state index is 0.609. The smallest absolute Gasteiger partial charge is 0.119 e. The van der Waals surface area contributed by atoms with Gasteiger partial charge < -0.3 is 9.84 Å². The molecule has 0 spiro atoms. The normalized spacial score (nSPS) is 12.3. The summed E-state index contributed by atoms with van der Waals surface area (Å²) in [5, 5.41) is 11.7. The molecule has 0 aliphatic rings. The van der Waals surface area contributed by atoms with Gasteiger partial charge in [-0.25, -0.2) is 0 Å². The van der Waals surface area contributed by atoms with E-state index in [0.717, 1.165) is 27.8 Å². The standard InChI is InChI=1S/C18H17NO2/c1-2-21-14-7-3-6-13(12-14)18(20)16-8-4-10-17-15(16)9-5-11-19-17/h3-12,18,20H,2H2,1H3. The van der Waals surface area contributed by atoms with Gasteiger partial charge in [0.1, 0.15) is 11.9 Å². The van der Waals surface area contributed by atoms with E-state index in [9.17, 15) is 5.11 Å². The minimum atomic E-state index is -0.696. The van der Waals surface area contributed by atoms with Crippen molar-refractivity contribution < 1.29 is 9.84 Å². The number of benzene rings is 2. The van der Waals surface area contributed by atoms with Gasteiger partial charge in [-0.1, -0.05) is 30.3 Å². The first-order valence-corrected chi connectivity index (χ1v) is 7.04. The van der Waals surface area contributed by atoms with Crippen LogP contribution in [-0.2, 0) is 0 Å². The number of fused-ring (bicyclic) bond motifs is 1. The number of aliphatic hydroxyl groups is 1. The predicted octanol–water partition coefficient (Wildman–Crippen LogP) is 3.72. The van der Waals surface area contributed by atoms with Crippen molar-refractivity contribution in [2.45, 2.75) is 13.0 Å². The second-order valence-corrected chi connectivity index (χ2v) is 4.83. The maximum absolute atomic E-state index is 10.7. The van der Waals surface area contributed by atoms with Crippen molar-refractivity contribution in [3.05, 3.63) is 71.9 Å². The lowest BCUT2D eigenvalue weighted by Crippen LogP contribution is -2.02. The molecule has 0 amide bonds. The van der Waals surface area contributed by atoms with Crippen LogP contribution in [0.5, 0.6) is 5.75 Å². The van der Waals surface area contributed by atoms with Gasteiger partial charge in [0, 0.05) is 11.6 Å². The van der Waals surface area contributed by atoms with Crippen molar-refractivity contribution in [3.63, 3.8) is 0 Å². The summed E-state index contributed by atoms with van der Waals surface area (Å²) in [6.45, 7) is 2.55. The van der Waals surface area contributed by atoms with Gasteiger partial charge in [0.2, 0.25) is 0 Å². The zero-order valence-corrected chi connectivity index (χ0v) is 11.9. The van der Waals surface area contributed by atoms with E-state index in [1.807, 2.05) is 61.5 Å². The van der Waals surface area contributed by atoms with Crippen molar-refractivity contribution >= 4 is 10.9 Å². The summed E-state index contributed by atoms with van der Waals surface area (Å²) in [6.07, 6.45) is 1.06. The highest BCUT2D eigenvalue weighted by atomic mass is 16.5. The Balaban J connectivity index is 2.04. The molecule has 1 heterocycles. The molecule has 2 aromatic carbocycles. The van der Waals surface area contributed by atoms with Gasteiger partial charge in [-0.15, -0.1) is 0 Å². The molecule has 1 aromatic heterocycles. The topological polar surface area (TPSA) is 42.4 Å². The van der Waals surface area contributed by atoms with Gasteiger partial charge in [0.25, 0.3) is 0 Å². The average Bonchev–Trinajstić information content (AvgIpc) is 2.54. The number of ether oxygens (including phenoxy) is 1. The van der Waals surface area contributed by atoms with Crippen molar-refractivity contribution in [3.8, 4) is 5.75 Å². The minimum Gasteiger partial charge on any atom is -0.494 e. The van der Waals surface area contributed by atoms with Crippen LogP contribution in [0.3, 0.4) is 0 Å². The van der Waals surface area contributed by atoms with Crippen LogP contribution in [0.1, 0.15) is 24.2 Å². The Morgan fingerprint density at radius 3 is 2.81 bits per heavy atom. The van der Waals surface area contributed by atoms with E-state index in [1.165, 1.54) is 0 Å². The molecule has 1 unspecified atom stereocenters. The van der Waals surface area contributed by atoms with Gasteiger partial charge in [-0.2, -0.15) is 0 Å². The summed E-state index contributed by atoms with van der Waals surface area (Å²) >= 11 is 0. The van der Waals surface area contributed by atoms with Gasteiger partial charge in [-0.3, -0.25) is 4.98 Å². The molecule has 0 bridgehead atoms. The molecule has 3 heteroatoms. The number of nitrogens with zero attached hydrogens (tertiary/aromatic N) is 1. The summed E-state index contributed by atoms with van der Waals surface area (Å²) in [5.41, 5.74) is 2.56. The molecule has 0 saturated carbocycles. The van der Waals surface area contributed by atoms with Crippen molar-refractivity contribution in [1.82, 2.24) is 4.98 Å². The average molecular weight is 279 g/mol. The number of hydrogen-bond acceptors (Lipinski definition) is 3. The van der Waals surface area contributed by atoms with Gasteiger partial charge in [0.05, 0.1) is 12.1 Å². The maximum Gasteiger partial charge on any atom is 0.119 e. The molecular weight excluding hydrogens is 262 g/mol. The fraction of sp³-hybridized carbons (Fsp3) is 0.167. The molecule has 0 radical (unpaired) electrons. The summed E-state index contributed by atoms with van der Waals surface area (Å²) in [6, 6.07) is 17.2. The number of aromatic nitrogens is 1. The van der Waals surface area contributed by atoms with E-state index in [4.69, 9.17) is 4.74 Å². The molecular formula is C18H17NO2. The Morgan fingerprint density at radius 2 is 1.95 bits per heavy atom. The van der Waals surface area contributed by atoms with Crippen LogP contribution >= 0.6 is 0 Å². The Labute approximate surface area is 123 Å². The number of rotatable bonds is 4. The first-order chi connectivity index (χ1) is 10.3. The third-order valence-corrected chi connectivity index (χ3v) is 3.46. The molecule has 21 heavy (non-hydrogen) atoms. The van der Waals surface area contributed by atoms with Gasteiger partial charge >= 0.3 is 0 Å². The third-order valence-electron chi connectivity index (χ3n) is 3.46. The molecule has 0 saturated heterocycles. The summed E-state index contributed by atoms with van der Waals surface area (Å²) in [7, 11) is 0. The fourth-order valence-electron chi connectivity index (χ4n) is 2.49. The molecule has 3 nitrogen and oxygen atoms in total. The van der Waals surface area contributed by atoms with E-state index in [1.54, 1.807) is 6.20 Å². The molecule has 1 N–H and O–H groups in total. The SMILES string of the molecule is CCOc1cccc(C(O)c2cccc3ncccc23)c1. The first kappa shape index (κ1) is 13.6. The highest BCUT2D eigenvalue weighted by Crippen LogP contribution is 2.29. The second-order valence-electron chi connectivity index (χ2n) is 4.83. The first-order valence-electron chi connectivity index (χ1n) is 7.04. The lowest BCUT2D eigenvalue weighted by atomic mass is 9.97. The third kappa shape index (κ3) is 2.73. The van der Waals surface area contributed by atoms with Crippen molar-refractivity contribution in [1.29, 1.82) is 0 Å². The largest absolute Gasteiger partial charge is 0.494 e. The van der Waals surface area contributed by atoms with Crippen LogP contribution in [0.4, 0.5) is 0 Å². The van der Waals surface area contributed by atoms with E-state index >= 15 is 0 Å². The lowest BCUT2D eigenvalue weighted by molar-refractivity contribution is 0.221. The fourth-order valence-corrected chi connectivity index (χ4v) is 2.49. The Bertz CT molecular complexity index is 750. The van der Waals surface area contributed by atoms with E-state index in [-0.39, 0.29) is 0 Å². The Hall–Kier alpha value is -2.39. The molecule has 0 aliphatic heterocycles. The van der Waals surface area contributed by atoms with Crippen molar-refractivity contribution in [2.75, 3.05) is 6.61 Å². The van der Waals surface area contributed by atoms with Gasteiger partial charge in [0.15, 0.2) is 0 Å². The molecule has 1 atom stereocenters. The van der Waals surface area contributed by atoms with E-state index < -0.39 is 6.10 Å². The van der Waals surface area contributed by atoms with E-state index in [2.05, 4.69) is 4.98 Å². The highest BCUT2D eigenvalue weighted by Gasteiger charge is 2.14. The number of pyridine rings is 1. The summed E-state index contributed by atoms with van der Waals surface area (Å²) < 4.78 is 5.50. The summed E-state index contributed by atoms with van der Waals surface area (Å²) in [5.74, 6) is 0.771. The van der Waals surface area contributed by atoms with E-state index in [0.29, 0.717) is 6.61 Å². The molecule has 0 aliphatic carbocycles. The number of hydrogen-bond donors (Lipinski definition) is 1. The zero-order valence-electron chi connectivity index (χ0n) is 11.9. The van der Waals surface area contributed by atoms with Crippen LogP contribution < -0.4 is 4.74 Å². The molecule has 0 fully saturated rings. The molecule has 3 aromatic rings. The molecule has 106 valence electrons. The highest BCUT2D eigenvalue weighted by molar-refractivity contribution is 5.82. The Kier molecular flexibility index (Phi) is 3.84. The maximum atomic E-state index is 10.7. The van der Waals surface area contributed by atoms with Crippen LogP contribution in [0, 0.1) is 0 Å². The Morgan fingerprint density at radius 1 is 1.10 bits per heavy atom. The monoisotopic (exact) mass is 279 g/mol. The zero-order chi connectivity index (χ0) is 14.7. The van der Waals surface area contributed by atoms with Crippen LogP contribution in [-0.4, -0.2) is 16.7 Å². The van der Waals surface area contributed by atoms with Crippen molar-refractivity contribution in [2.24, 2.45) is 0 Å². The van der Waals surface area contributed by atoms with Crippen LogP contribution in [0.25, 0.3) is 10.9 Å². The van der Waals surface area contributed by atoms with Crippen LogP contribution in [0.15, 0.2) is 60.8 Å². The van der Waals surface area contributed by atoms with Crippen LogP contribution in [0.2, 0.25) is 0 Å². The quantitative estimate of drug-likeness (QED) is 0.791. The van der Waals surface area contributed by atoms with Gasteiger partial charge in [-0.05, 0) is 42.3 Å². The summed E-state index contributed by atoms with van der Waals surface area (Å²) in [4.78, 5) is 4.33. The number of aliphatic hydroxyl groups excluding tert-OH is 1. The molecule has 3 rings (SSSR count). The lowest BCUT2D eigenvalue weighted by Gasteiger charge is -2.15. The second kappa shape index (κ2) is 5.94.